The largest absolute Gasteiger partial charge is 0.317 e. The van der Waals surface area contributed by atoms with Gasteiger partial charge < -0.3 is 4.57 Å². The molecule has 0 N–H and O–H groups in total. The van der Waals surface area contributed by atoms with Crippen LogP contribution in [0.1, 0.15) is 19.4 Å². The summed E-state index contributed by atoms with van der Waals surface area (Å²) in [6.45, 7) is 9.92. The maximum absolute atomic E-state index is 12.4. The molecule has 0 saturated carbocycles. The maximum atomic E-state index is 12.4. The molecule has 0 fully saturated rings. The van der Waals surface area contributed by atoms with Gasteiger partial charge in [-0.15, -0.1) is 0 Å². The standard InChI is InChI=1S/C18H20N2O3/c1-11(2)8-16-13(4)17(10-19(5)18(16)21)15-9-14(20(22)23)7-6-12(15)3/h6-11H,4H2,1-3,5H3/b16-8+. The summed E-state index contributed by atoms with van der Waals surface area (Å²) < 4.78 is 1.50. The quantitative estimate of drug-likeness (QED) is 0.644. The fourth-order valence-corrected chi connectivity index (χ4v) is 2.55. The topological polar surface area (TPSA) is 65.1 Å². The summed E-state index contributed by atoms with van der Waals surface area (Å²) in [5, 5.41) is 12.2. The Morgan fingerprint density at radius 3 is 2.52 bits per heavy atom. The zero-order valence-electron chi connectivity index (χ0n) is 13.8. The van der Waals surface area contributed by atoms with Gasteiger partial charge in [-0.2, -0.15) is 0 Å². The minimum Gasteiger partial charge on any atom is -0.317 e. The van der Waals surface area contributed by atoms with Crippen LogP contribution in [-0.4, -0.2) is 9.49 Å². The van der Waals surface area contributed by atoms with Crippen LogP contribution in [0.25, 0.3) is 23.8 Å². The monoisotopic (exact) mass is 312 g/mol. The molecule has 1 aromatic heterocycles. The van der Waals surface area contributed by atoms with Crippen molar-refractivity contribution in [2.24, 2.45) is 13.0 Å². The number of aromatic nitrogens is 1. The summed E-state index contributed by atoms with van der Waals surface area (Å²) in [7, 11) is 1.68. The number of nitro groups is 1. The molecule has 5 nitrogen and oxygen atoms in total. The van der Waals surface area contributed by atoms with Crippen molar-refractivity contribution in [3.8, 4) is 11.1 Å². The third kappa shape index (κ3) is 3.23. The molecular weight excluding hydrogens is 292 g/mol. The van der Waals surface area contributed by atoms with Gasteiger partial charge in [0, 0.05) is 36.2 Å². The Balaban J connectivity index is 2.89. The lowest BCUT2D eigenvalue weighted by Crippen LogP contribution is -2.44. The minimum atomic E-state index is -0.422. The third-order valence-electron chi connectivity index (χ3n) is 3.75. The molecule has 0 aliphatic rings. The first-order valence-electron chi connectivity index (χ1n) is 7.38. The van der Waals surface area contributed by atoms with Gasteiger partial charge in [0.15, 0.2) is 0 Å². The molecule has 0 aliphatic heterocycles. The lowest BCUT2D eigenvalue weighted by Gasteiger charge is -2.10. The summed E-state index contributed by atoms with van der Waals surface area (Å²) in [6.07, 6.45) is 3.56. The highest BCUT2D eigenvalue weighted by Gasteiger charge is 2.13. The molecule has 0 spiro atoms. The molecule has 0 saturated heterocycles. The van der Waals surface area contributed by atoms with Gasteiger partial charge in [0.25, 0.3) is 11.2 Å². The number of hydrogen-bond acceptors (Lipinski definition) is 3. The molecule has 0 radical (unpaired) electrons. The Morgan fingerprint density at radius 1 is 1.30 bits per heavy atom. The van der Waals surface area contributed by atoms with Crippen LogP contribution in [-0.2, 0) is 7.05 Å². The first-order valence-corrected chi connectivity index (χ1v) is 7.38. The van der Waals surface area contributed by atoms with Crippen LogP contribution >= 0.6 is 0 Å². The molecule has 2 rings (SSSR count). The van der Waals surface area contributed by atoms with Crippen LogP contribution in [0.3, 0.4) is 0 Å². The van der Waals surface area contributed by atoms with E-state index in [-0.39, 0.29) is 17.2 Å². The number of nitro benzene ring substituents is 1. The van der Waals surface area contributed by atoms with Crippen LogP contribution in [0, 0.1) is 23.0 Å². The molecule has 1 heterocycles. The Kier molecular flexibility index (Phi) is 4.50. The van der Waals surface area contributed by atoms with Crippen LogP contribution in [0.4, 0.5) is 5.69 Å². The number of nitrogens with zero attached hydrogens (tertiary/aromatic N) is 2. The van der Waals surface area contributed by atoms with E-state index in [4.69, 9.17) is 0 Å². The number of benzene rings is 1. The van der Waals surface area contributed by atoms with Crippen molar-refractivity contribution in [1.29, 1.82) is 0 Å². The normalized spacial score (nSPS) is 12.0. The second kappa shape index (κ2) is 6.20. The van der Waals surface area contributed by atoms with Gasteiger partial charge in [-0.3, -0.25) is 14.9 Å². The lowest BCUT2D eigenvalue weighted by molar-refractivity contribution is -0.384. The fraction of sp³-hybridized carbons (Fsp3) is 0.278. The highest BCUT2D eigenvalue weighted by atomic mass is 16.6. The third-order valence-corrected chi connectivity index (χ3v) is 3.75. The van der Waals surface area contributed by atoms with E-state index in [1.54, 1.807) is 19.3 Å². The molecule has 0 amide bonds. The average Bonchev–Trinajstić information content (AvgIpc) is 2.47. The molecule has 0 unspecified atom stereocenters. The number of rotatable bonds is 3. The van der Waals surface area contributed by atoms with Crippen LogP contribution in [0.2, 0.25) is 0 Å². The van der Waals surface area contributed by atoms with E-state index < -0.39 is 4.92 Å². The van der Waals surface area contributed by atoms with E-state index in [1.165, 1.54) is 16.7 Å². The van der Waals surface area contributed by atoms with Gasteiger partial charge in [0.2, 0.25) is 0 Å². The summed E-state index contributed by atoms with van der Waals surface area (Å²) in [5.74, 6) is 0.199. The second-order valence-corrected chi connectivity index (χ2v) is 6.02. The van der Waals surface area contributed by atoms with Gasteiger partial charge >= 0.3 is 0 Å². The summed E-state index contributed by atoms with van der Waals surface area (Å²) in [5.41, 5.74) is 2.26. The van der Waals surface area contributed by atoms with Gasteiger partial charge in [0.1, 0.15) is 0 Å². The molecule has 1 aromatic carbocycles. The molecule has 0 aliphatic carbocycles. The Bertz CT molecular complexity index is 940. The summed E-state index contributed by atoms with van der Waals surface area (Å²) in [6, 6.07) is 4.72. The number of pyridine rings is 1. The zero-order chi connectivity index (χ0) is 17.3. The molecule has 5 heteroatoms. The molecule has 0 atom stereocenters. The Morgan fingerprint density at radius 2 is 1.96 bits per heavy atom. The van der Waals surface area contributed by atoms with E-state index >= 15 is 0 Å². The SMILES string of the molecule is C=c1c(-c2cc([N+](=O)[O-])ccc2C)cn(C)c(=O)/c1=C/C(C)C. The molecular formula is C18H20N2O3. The Hall–Kier alpha value is -2.69. The number of non-ortho nitro benzene ring substituents is 1. The van der Waals surface area contributed by atoms with Crippen molar-refractivity contribution in [2.75, 3.05) is 0 Å². The second-order valence-electron chi connectivity index (χ2n) is 6.02. The van der Waals surface area contributed by atoms with Crippen LogP contribution in [0.15, 0.2) is 29.2 Å². The average molecular weight is 312 g/mol. The van der Waals surface area contributed by atoms with E-state index in [1.807, 2.05) is 26.8 Å². The zero-order valence-corrected chi connectivity index (χ0v) is 13.8. The summed E-state index contributed by atoms with van der Waals surface area (Å²) >= 11 is 0. The molecule has 120 valence electrons. The van der Waals surface area contributed by atoms with Crippen molar-refractivity contribution >= 4 is 18.3 Å². The van der Waals surface area contributed by atoms with Gasteiger partial charge in [-0.25, -0.2) is 0 Å². The van der Waals surface area contributed by atoms with Gasteiger partial charge in [0.05, 0.1) is 4.92 Å². The van der Waals surface area contributed by atoms with Crippen molar-refractivity contribution in [3.63, 3.8) is 0 Å². The molecule has 2 aromatic rings. The predicted octanol–water partition coefficient (Wildman–Crippen LogP) is 2.12. The summed E-state index contributed by atoms with van der Waals surface area (Å²) in [4.78, 5) is 23.0. The van der Waals surface area contributed by atoms with E-state index in [2.05, 4.69) is 6.58 Å². The van der Waals surface area contributed by atoms with E-state index in [0.717, 1.165) is 16.7 Å². The highest BCUT2D eigenvalue weighted by Crippen LogP contribution is 2.24. The smallest absolute Gasteiger partial charge is 0.270 e. The fourth-order valence-electron chi connectivity index (χ4n) is 2.55. The van der Waals surface area contributed by atoms with Crippen molar-refractivity contribution < 1.29 is 4.92 Å². The highest BCUT2D eigenvalue weighted by molar-refractivity contribution is 5.70. The molecule has 0 bridgehead atoms. The predicted molar refractivity (Wildman–Crippen MR) is 92.6 cm³/mol. The van der Waals surface area contributed by atoms with Gasteiger partial charge in [-0.1, -0.05) is 32.6 Å². The first-order chi connectivity index (χ1) is 10.7. The van der Waals surface area contributed by atoms with E-state index in [0.29, 0.717) is 10.4 Å². The Labute approximate surface area is 134 Å². The maximum Gasteiger partial charge on any atom is 0.270 e. The minimum absolute atomic E-state index is 0.0215. The van der Waals surface area contributed by atoms with Crippen LogP contribution < -0.4 is 16.0 Å². The molecule has 23 heavy (non-hydrogen) atoms. The van der Waals surface area contributed by atoms with E-state index in [9.17, 15) is 14.9 Å². The van der Waals surface area contributed by atoms with Crippen molar-refractivity contribution in [3.05, 3.63) is 60.9 Å². The number of aryl methyl sites for hydroxylation is 2. The van der Waals surface area contributed by atoms with Gasteiger partial charge in [-0.05, 0) is 29.2 Å². The van der Waals surface area contributed by atoms with Crippen molar-refractivity contribution in [1.82, 2.24) is 4.57 Å². The van der Waals surface area contributed by atoms with Crippen LogP contribution in [0.5, 0.6) is 0 Å². The first kappa shape index (κ1) is 16.7. The lowest BCUT2D eigenvalue weighted by atomic mass is 9.98. The van der Waals surface area contributed by atoms with Crippen molar-refractivity contribution in [2.45, 2.75) is 20.8 Å². The number of hydrogen-bond donors (Lipinski definition) is 0.